The van der Waals surface area contributed by atoms with E-state index >= 15 is 0 Å². The molecular weight excluding hydrogens is 344 g/mol. The Balaban J connectivity index is 1.32. The van der Waals surface area contributed by atoms with Gasteiger partial charge in [0.15, 0.2) is 0 Å². The van der Waals surface area contributed by atoms with Gasteiger partial charge in [-0.05, 0) is 44.4 Å². The normalized spacial score (nSPS) is 25.1. The number of rotatable bonds is 5. The van der Waals surface area contributed by atoms with Gasteiger partial charge in [-0.25, -0.2) is 0 Å². The number of β-amino-alcohol motifs (C(OH)–C–C–N with tert-alkyl or cyclic N) is 1. The van der Waals surface area contributed by atoms with Crippen molar-refractivity contribution in [1.82, 2.24) is 19.8 Å². The predicted octanol–water partition coefficient (Wildman–Crippen LogP) is 1.02. The molecule has 2 saturated heterocycles. The van der Waals surface area contributed by atoms with Crippen molar-refractivity contribution in [3.8, 4) is 0 Å². The van der Waals surface area contributed by atoms with Gasteiger partial charge >= 0.3 is 0 Å². The summed E-state index contributed by atoms with van der Waals surface area (Å²) in [6, 6.07) is 0. The van der Waals surface area contributed by atoms with E-state index in [-0.39, 0.29) is 11.8 Å². The lowest BCUT2D eigenvalue weighted by molar-refractivity contribution is -0.159. The third-order valence-corrected chi connectivity index (χ3v) is 6.26. The van der Waals surface area contributed by atoms with Crippen LogP contribution in [0, 0.1) is 11.3 Å². The topological polar surface area (TPSA) is 86.6 Å². The molecule has 1 saturated carbocycles. The number of aliphatic hydroxyl groups is 1. The molecule has 1 aromatic rings. The maximum absolute atomic E-state index is 13.1. The maximum Gasteiger partial charge on any atom is 0.229 e. The van der Waals surface area contributed by atoms with Crippen LogP contribution in [0.3, 0.4) is 0 Å². The van der Waals surface area contributed by atoms with Gasteiger partial charge in [-0.15, -0.1) is 0 Å². The van der Waals surface area contributed by atoms with Gasteiger partial charge in [0.05, 0.1) is 17.2 Å². The molecule has 1 aliphatic carbocycles. The average Bonchev–Trinajstić information content (AvgIpc) is 3.49. The van der Waals surface area contributed by atoms with Gasteiger partial charge in [0.2, 0.25) is 11.8 Å². The number of piperidine rings is 2. The van der Waals surface area contributed by atoms with Crippen molar-refractivity contribution in [2.45, 2.75) is 51.0 Å². The highest BCUT2D eigenvalue weighted by Gasteiger charge is 2.49. The molecule has 7 heteroatoms. The number of aromatic nitrogens is 2. The maximum atomic E-state index is 13.1. The van der Waals surface area contributed by atoms with Gasteiger partial charge < -0.3 is 14.9 Å². The van der Waals surface area contributed by atoms with E-state index in [2.05, 4.69) is 9.97 Å². The SMILES string of the molecule is O=C(CCc1cnccn1)N1CCC2(CC1)CC(O)CN(CC1CC1)C2=O. The highest BCUT2D eigenvalue weighted by Crippen LogP contribution is 2.42. The summed E-state index contributed by atoms with van der Waals surface area (Å²) in [4.78, 5) is 37.6. The van der Waals surface area contributed by atoms with Crippen LogP contribution in [0.1, 0.15) is 44.2 Å². The quantitative estimate of drug-likeness (QED) is 0.834. The van der Waals surface area contributed by atoms with Crippen molar-refractivity contribution in [1.29, 1.82) is 0 Å². The Hall–Kier alpha value is -2.02. The minimum absolute atomic E-state index is 0.106. The molecule has 7 nitrogen and oxygen atoms in total. The number of amides is 2. The molecule has 0 radical (unpaired) electrons. The molecule has 1 N–H and O–H groups in total. The lowest BCUT2D eigenvalue weighted by Crippen LogP contribution is -2.58. The summed E-state index contributed by atoms with van der Waals surface area (Å²) in [5.41, 5.74) is 0.342. The number of aryl methyl sites for hydroxylation is 1. The largest absolute Gasteiger partial charge is 0.391 e. The molecule has 1 spiro atoms. The van der Waals surface area contributed by atoms with Gasteiger partial charge in [-0.3, -0.25) is 19.6 Å². The lowest BCUT2D eigenvalue weighted by Gasteiger charge is -2.48. The number of aliphatic hydroxyl groups excluding tert-OH is 1. The zero-order valence-electron chi connectivity index (χ0n) is 15.7. The Bertz CT molecular complexity index is 682. The van der Waals surface area contributed by atoms with E-state index in [1.807, 2.05) is 9.80 Å². The fourth-order valence-corrected chi connectivity index (χ4v) is 4.50. The molecule has 0 aromatic carbocycles. The Morgan fingerprint density at radius 2 is 2.04 bits per heavy atom. The van der Waals surface area contributed by atoms with E-state index in [0.29, 0.717) is 57.7 Å². The van der Waals surface area contributed by atoms with Gasteiger partial charge in [0.1, 0.15) is 0 Å². The van der Waals surface area contributed by atoms with Crippen molar-refractivity contribution < 1.29 is 14.7 Å². The average molecular weight is 372 g/mol. The minimum Gasteiger partial charge on any atom is -0.391 e. The van der Waals surface area contributed by atoms with Gasteiger partial charge in [0.25, 0.3) is 0 Å². The lowest BCUT2D eigenvalue weighted by atomic mass is 9.70. The summed E-state index contributed by atoms with van der Waals surface area (Å²) in [5, 5.41) is 10.3. The summed E-state index contributed by atoms with van der Waals surface area (Å²) >= 11 is 0. The molecule has 1 unspecified atom stereocenters. The highest BCUT2D eigenvalue weighted by molar-refractivity contribution is 5.84. The summed E-state index contributed by atoms with van der Waals surface area (Å²) in [7, 11) is 0. The highest BCUT2D eigenvalue weighted by atomic mass is 16.3. The first kappa shape index (κ1) is 18.3. The molecule has 3 heterocycles. The first-order chi connectivity index (χ1) is 13.1. The van der Waals surface area contributed by atoms with E-state index in [0.717, 1.165) is 12.2 Å². The summed E-state index contributed by atoms with van der Waals surface area (Å²) in [6.07, 6.45) is 9.74. The summed E-state index contributed by atoms with van der Waals surface area (Å²) < 4.78 is 0. The first-order valence-electron chi connectivity index (χ1n) is 10.1. The summed E-state index contributed by atoms with van der Waals surface area (Å²) in [6.45, 7) is 2.44. The molecule has 3 fully saturated rings. The van der Waals surface area contributed by atoms with E-state index in [4.69, 9.17) is 0 Å². The smallest absolute Gasteiger partial charge is 0.229 e. The number of likely N-dealkylation sites (tertiary alicyclic amines) is 2. The fourth-order valence-electron chi connectivity index (χ4n) is 4.50. The van der Waals surface area contributed by atoms with Crippen molar-refractivity contribution in [3.05, 3.63) is 24.3 Å². The second-order valence-electron chi connectivity index (χ2n) is 8.37. The van der Waals surface area contributed by atoms with Gasteiger partial charge in [-0.1, -0.05) is 0 Å². The van der Waals surface area contributed by atoms with Crippen molar-refractivity contribution in [2.75, 3.05) is 26.2 Å². The van der Waals surface area contributed by atoms with E-state index in [1.54, 1.807) is 18.6 Å². The fraction of sp³-hybridized carbons (Fsp3) is 0.700. The molecule has 2 amide bonds. The van der Waals surface area contributed by atoms with Crippen molar-refractivity contribution in [2.24, 2.45) is 11.3 Å². The Labute approximate surface area is 159 Å². The molecule has 27 heavy (non-hydrogen) atoms. The number of carbonyl (C=O) groups excluding carboxylic acids is 2. The zero-order valence-corrected chi connectivity index (χ0v) is 15.7. The van der Waals surface area contributed by atoms with Crippen LogP contribution in [-0.4, -0.2) is 69.0 Å². The standard InChI is InChI=1S/C20H28N4O3/c25-17-11-20(19(27)24(14-17)13-15-1-2-15)5-9-23(10-6-20)18(26)4-3-16-12-21-7-8-22-16/h7-8,12,15,17,25H,1-6,9-11,13-14H2. The molecule has 4 rings (SSSR count). The third-order valence-electron chi connectivity index (χ3n) is 6.26. The van der Waals surface area contributed by atoms with Gasteiger partial charge in [0, 0.05) is 51.2 Å². The van der Waals surface area contributed by atoms with Crippen LogP contribution in [0.2, 0.25) is 0 Å². The van der Waals surface area contributed by atoms with Crippen molar-refractivity contribution in [3.63, 3.8) is 0 Å². The molecule has 1 aromatic heterocycles. The van der Waals surface area contributed by atoms with E-state index in [1.165, 1.54) is 12.8 Å². The Kier molecular flexibility index (Phi) is 5.12. The monoisotopic (exact) mass is 372 g/mol. The van der Waals surface area contributed by atoms with Crippen LogP contribution in [0.4, 0.5) is 0 Å². The Morgan fingerprint density at radius 3 is 2.70 bits per heavy atom. The van der Waals surface area contributed by atoms with Crippen LogP contribution in [0.25, 0.3) is 0 Å². The first-order valence-corrected chi connectivity index (χ1v) is 10.1. The van der Waals surface area contributed by atoms with Crippen LogP contribution in [0.5, 0.6) is 0 Å². The molecule has 2 aliphatic heterocycles. The van der Waals surface area contributed by atoms with Crippen LogP contribution < -0.4 is 0 Å². The van der Waals surface area contributed by atoms with E-state index < -0.39 is 11.5 Å². The second-order valence-corrected chi connectivity index (χ2v) is 8.37. The molecular formula is C20H28N4O3. The van der Waals surface area contributed by atoms with Crippen molar-refractivity contribution >= 4 is 11.8 Å². The molecule has 146 valence electrons. The van der Waals surface area contributed by atoms with Gasteiger partial charge in [-0.2, -0.15) is 0 Å². The zero-order chi connectivity index (χ0) is 18.9. The van der Waals surface area contributed by atoms with Crippen LogP contribution >= 0.6 is 0 Å². The number of nitrogens with zero attached hydrogens (tertiary/aromatic N) is 4. The number of hydrogen-bond acceptors (Lipinski definition) is 5. The number of carbonyl (C=O) groups is 2. The third kappa shape index (κ3) is 4.13. The predicted molar refractivity (Wildman–Crippen MR) is 98.5 cm³/mol. The van der Waals surface area contributed by atoms with E-state index in [9.17, 15) is 14.7 Å². The molecule has 3 aliphatic rings. The molecule has 0 bridgehead atoms. The second kappa shape index (κ2) is 7.54. The summed E-state index contributed by atoms with van der Waals surface area (Å²) in [5.74, 6) is 0.930. The minimum atomic E-state index is -0.478. The Morgan fingerprint density at radius 1 is 1.26 bits per heavy atom. The number of hydrogen-bond donors (Lipinski definition) is 1. The molecule has 1 atom stereocenters. The van der Waals surface area contributed by atoms with Crippen LogP contribution in [0.15, 0.2) is 18.6 Å². The van der Waals surface area contributed by atoms with Crippen LogP contribution in [-0.2, 0) is 16.0 Å².